The summed E-state index contributed by atoms with van der Waals surface area (Å²) in [5.41, 5.74) is 5.62. The number of pyridine rings is 1. The number of fused-ring (bicyclic) bond motifs is 2. The van der Waals surface area contributed by atoms with Crippen LogP contribution in [0.25, 0.3) is 11.3 Å². The molecule has 6 rings (SSSR count). The van der Waals surface area contributed by atoms with Gasteiger partial charge in [0.25, 0.3) is 0 Å². The van der Waals surface area contributed by atoms with Crippen LogP contribution in [0.3, 0.4) is 0 Å². The topological polar surface area (TPSA) is 69.5 Å². The van der Waals surface area contributed by atoms with Gasteiger partial charge in [0, 0.05) is 55.6 Å². The Labute approximate surface area is 217 Å². The summed E-state index contributed by atoms with van der Waals surface area (Å²) < 4.78 is 14.9. The average molecular weight is 500 g/mol. The van der Waals surface area contributed by atoms with Crippen molar-refractivity contribution < 1.29 is 4.39 Å². The number of halogens is 1. The molecule has 0 bridgehead atoms. The van der Waals surface area contributed by atoms with Crippen molar-refractivity contribution >= 4 is 23.2 Å². The Balaban J connectivity index is 1.18. The molecule has 3 aromatic rings. The maximum Gasteiger partial charge on any atom is 0.229 e. The van der Waals surface area contributed by atoms with Crippen LogP contribution in [0.2, 0.25) is 0 Å². The van der Waals surface area contributed by atoms with Crippen LogP contribution >= 0.6 is 0 Å². The molecule has 1 saturated carbocycles. The number of aromatic nitrogens is 3. The highest BCUT2D eigenvalue weighted by Crippen LogP contribution is 2.51. The van der Waals surface area contributed by atoms with Crippen LogP contribution in [0.4, 0.5) is 21.8 Å². The van der Waals surface area contributed by atoms with Crippen LogP contribution in [0.5, 0.6) is 0 Å². The number of likely N-dealkylation sites (N-methyl/N-ethyl adjacent to an activating group) is 1. The highest BCUT2D eigenvalue weighted by atomic mass is 19.1. The van der Waals surface area contributed by atoms with E-state index in [0.717, 1.165) is 63.4 Å². The minimum absolute atomic E-state index is 0.00514. The van der Waals surface area contributed by atoms with E-state index in [4.69, 9.17) is 4.99 Å². The van der Waals surface area contributed by atoms with E-state index in [1.165, 1.54) is 35.9 Å². The van der Waals surface area contributed by atoms with Gasteiger partial charge < -0.3 is 10.2 Å². The largest absolute Gasteiger partial charge is 0.309 e. The third-order valence-electron chi connectivity index (χ3n) is 8.35. The van der Waals surface area contributed by atoms with Crippen LogP contribution in [-0.2, 0) is 12.0 Å². The second-order valence-corrected chi connectivity index (χ2v) is 10.5. The fourth-order valence-electron chi connectivity index (χ4n) is 6.11. The summed E-state index contributed by atoms with van der Waals surface area (Å²) >= 11 is 0. The first kappa shape index (κ1) is 24.1. The summed E-state index contributed by atoms with van der Waals surface area (Å²) in [6.45, 7) is 10.7. The van der Waals surface area contributed by atoms with Gasteiger partial charge >= 0.3 is 0 Å². The number of hydrogen-bond acceptors (Lipinski definition) is 7. The van der Waals surface area contributed by atoms with Gasteiger partial charge in [-0.2, -0.15) is 0 Å². The second-order valence-electron chi connectivity index (χ2n) is 10.5. The van der Waals surface area contributed by atoms with E-state index >= 15 is 0 Å². The Morgan fingerprint density at radius 2 is 1.76 bits per heavy atom. The fraction of sp³-hybridized carbons (Fsp3) is 0.448. The SMILES string of the molecule is CCN1CCN(Cc2ccc(Nc3ncc(F)c(-c4ccc5c(c4)C4(CCCC4)C(C)=N5)n3)nc2)CC1. The number of benzene rings is 1. The summed E-state index contributed by atoms with van der Waals surface area (Å²) in [5.74, 6) is 0.531. The zero-order chi connectivity index (χ0) is 25.4. The zero-order valence-corrected chi connectivity index (χ0v) is 21.7. The lowest BCUT2D eigenvalue weighted by Crippen LogP contribution is -2.45. The Kier molecular flexibility index (Phi) is 6.46. The monoisotopic (exact) mass is 499 g/mol. The van der Waals surface area contributed by atoms with E-state index in [1.807, 2.05) is 24.4 Å². The molecule has 192 valence electrons. The molecule has 4 heterocycles. The lowest BCUT2D eigenvalue weighted by atomic mass is 9.76. The first-order valence-corrected chi connectivity index (χ1v) is 13.4. The van der Waals surface area contributed by atoms with Gasteiger partial charge in [-0.25, -0.2) is 19.3 Å². The van der Waals surface area contributed by atoms with E-state index in [-0.39, 0.29) is 5.41 Å². The Morgan fingerprint density at radius 3 is 2.49 bits per heavy atom. The molecule has 0 unspecified atom stereocenters. The average Bonchev–Trinajstić information content (AvgIpc) is 3.52. The number of anilines is 2. The highest BCUT2D eigenvalue weighted by molar-refractivity contribution is 6.01. The quantitative estimate of drug-likeness (QED) is 0.485. The minimum atomic E-state index is -0.437. The molecule has 8 heteroatoms. The summed E-state index contributed by atoms with van der Waals surface area (Å²) in [6, 6.07) is 10.0. The highest BCUT2D eigenvalue weighted by Gasteiger charge is 2.43. The van der Waals surface area contributed by atoms with Crippen molar-refractivity contribution in [1.29, 1.82) is 0 Å². The van der Waals surface area contributed by atoms with Crippen LogP contribution in [0, 0.1) is 5.82 Å². The van der Waals surface area contributed by atoms with Crippen molar-refractivity contribution in [2.45, 2.75) is 51.5 Å². The van der Waals surface area contributed by atoms with Gasteiger partial charge in [-0.3, -0.25) is 9.89 Å². The van der Waals surface area contributed by atoms with Crippen LogP contribution in [0.15, 0.2) is 47.7 Å². The molecule has 1 aliphatic carbocycles. The maximum atomic E-state index is 14.9. The van der Waals surface area contributed by atoms with Crippen molar-refractivity contribution in [3.05, 3.63) is 59.7 Å². The molecule has 2 fully saturated rings. The third-order valence-corrected chi connectivity index (χ3v) is 8.35. The van der Waals surface area contributed by atoms with Gasteiger partial charge in [0.2, 0.25) is 5.95 Å². The Bertz CT molecular complexity index is 1310. The molecule has 0 amide bonds. The zero-order valence-electron chi connectivity index (χ0n) is 21.7. The molecule has 1 saturated heterocycles. The van der Waals surface area contributed by atoms with Crippen LogP contribution < -0.4 is 5.32 Å². The first-order chi connectivity index (χ1) is 18.0. The number of piperazine rings is 1. The minimum Gasteiger partial charge on any atom is -0.309 e. The van der Waals surface area contributed by atoms with Crippen molar-refractivity contribution in [3.63, 3.8) is 0 Å². The van der Waals surface area contributed by atoms with Gasteiger partial charge in [0.15, 0.2) is 5.82 Å². The maximum absolute atomic E-state index is 14.9. The Hall–Kier alpha value is -3.23. The molecule has 1 spiro atoms. The number of nitrogens with zero attached hydrogens (tertiary/aromatic N) is 6. The van der Waals surface area contributed by atoms with Gasteiger partial charge in [0.05, 0.1) is 11.9 Å². The van der Waals surface area contributed by atoms with E-state index in [1.54, 1.807) is 0 Å². The van der Waals surface area contributed by atoms with Crippen LogP contribution in [0.1, 0.15) is 50.7 Å². The lowest BCUT2D eigenvalue weighted by Gasteiger charge is -2.33. The van der Waals surface area contributed by atoms with E-state index in [0.29, 0.717) is 17.5 Å². The third kappa shape index (κ3) is 4.64. The lowest BCUT2D eigenvalue weighted by molar-refractivity contribution is 0.132. The normalized spacial score (nSPS) is 19.3. The summed E-state index contributed by atoms with van der Waals surface area (Å²) in [5, 5.41) is 3.15. The molecule has 0 radical (unpaired) electrons. The van der Waals surface area contributed by atoms with Gasteiger partial charge in [-0.15, -0.1) is 0 Å². The number of aliphatic imine (C=N–C) groups is 1. The standard InChI is InChI=1S/C29H34FN7/c1-3-36-12-14-37(15-13-36)19-21-6-9-26(31-17-21)34-28-32-18-24(30)27(35-28)22-7-8-25-23(16-22)29(20(2)33-25)10-4-5-11-29/h6-9,16-18H,3-5,10-15,19H2,1-2H3,(H,31,32,34,35). The fourth-order valence-corrected chi connectivity index (χ4v) is 6.11. The summed E-state index contributed by atoms with van der Waals surface area (Å²) in [7, 11) is 0. The van der Waals surface area contributed by atoms with Crippen molar-refractivity contribution in [2.24, 2.45) is 4.99 Å². The molecule has 3 aliphatic rings. The van der Waals surface area contributed by atoms with E-state index < -0.39 is 5.82 Å². The van der Waals surface area contributed by atoms with Crippen molar-refractivity contribution in [2.75, 3.05) is 38.0 Å². The first-order valence-electron chi connectivity index (χ1n) is 13.4. The molecule has 1 aromatic carbocycles. The molecule has 2 aromatic heterocycles. The summed E-state index contributed by atoms with van der Waals surface area (Å²) in [6.07, 6.45) is 7.74. The van der Waals surface area contributed by atoms with E-state index in [2.05, 4.69) is 56.0 Å². The number of nitrogens with one attached hydrogen (secondary N) is 1. The second kappa shape index (κ2) is 9.91. The predicted molar refractivity (Wildman–Crippen MR) is 145 cm³/mol. The van der Waals surface area contributed by atoms with Gasteiger partial charge in [0.1, 0.15) is 11.5 Å². The molecule has 1 N–H and O–H groups in total. The molecular formula is C29H34FN7. The molecule has 37 heavy (non-hydrogen) atoms. The molecule has 7 nitrogen and oxygen atoms in total. The summed E-state index contributed by atoms with van der Waals surface area (Å²) in [4.78, 5) is 23.0. The molecular weight excluding hydrogens is 465 g/mol. The van der Waals surface area contributed by atoms with Crippen LogP contribution in [-0.4, -0.2) is 63.2 Å². The number of rotatable bonds is 6. The smallest absolute Gasteiger partial charge is 0.229 e. The molecule has 2 aliphatic heterocycles. The van der Waals surface area contributed by atoms with Gasteiger partial charge in [-0.1, -0.05) is 31.9 Å². The van der Waals surface area contributed by atoms with E-state index in [9.17, 15) is 4.39 Å². The van der Waals surface area contributed by atoms with Crippen molar-refractivity contribution in [3.8, 4) is 11.3 Å². The van der Waals surface area contributed by atoms with Crippen molar-refractivity contribution in [1.82, 2.24) is 24.8 Å². The Morgan fingerprint density at radius 1 is 0.973 bits per heavy atom. The molecule has 0 atom stereocenters. The predicted octanol–water partition coefficient (Wildman–Crippen LogP) is 5.48. The number of hydrogen-bond donors (Lipinski definition) is 1. The van der Waals surface area contributed by atoms with Gasteiger partial charge in [-0.05, 0) is 55.6 Å².